The number of carbonyl (C=O) groups excluding carboxylic acids is 1. The third kappa shape index (κ3) is 7.42. The molecule has 0 radical (unpaired) electrons. The first-order valence-corrected chi connectivity index (χ1v) is 9.89. The number of H-pyrrole nitrogens is 1. The molecule has 2 rings (SSSR count). The van der Waals surface area contributed by atoms with Gasteiger partial charge in [-0.2, -0.15) is 0 Å². The molecule has 8 heteroatoms. The number of aromatic amines is 1. The van der Waals surface area contributed by atoms with Crippen molar-refractivity contribution in [1.82, 2.24) is 15.3 Å². The van der Waals surface area contributed by atoms with Crippen molar-refractivity contribution in [2.75, 3.05) is 0 Å². The smallest absolute Gasteiger partial charge is 0.407 e. The molecule has 0 unspecified atom stereocenters. The zero-order chi connectivity index (χ0) is 20.7. The summed E-state index contributed by atoms with van der Waals surface area (Å²) in [6.07, 6.45) is 3.27. The molecule has 0 bridgehead atoms. The highest BCUT2D eigenvalue weighted by molar-refractivity contribution is 9.10. The van der Waals surface area contributed by atoms with Crippen LogP contribution in [0.5, 0.6) is 0 Å². The van der Waals surface area contributed by atoms with Gasteiger partial charge in [-0.05, 0) is 80.1 Å². The molecule has 0 spiro atoms. The zero-order valence-corrected chi connectivity index (χ0v) is 17.8. The van der Waals surface area contributed by atoms with Crippen LogP contribution in [0.3, 0.4) is 0 Å². The summed E-state index contributed by atoms with van der Waals surface area (Å²) in [6, 6.07) is 6.11. The number of benzene rings is 1. The first kappa shape index (κ1) is 22.1. The van der Waals surface area contributed by atoms with Crippen LogP contribution in [0.15, 0.2) is 39.9 Å². The Morgan fingerprint density at radius 2 is 1.89 bits per heavy atom. The number of nitrogens with zero attached hydrogens (tertiary/aromatic N) is 1. The molecule has 0 aliphatic rings. The lowest BCUT2D eigenvalue weighted by Gasteiger charge is -2.24. The van der Waals surface area contributed by atoms with Gasteiger partial charge in [0.2, 0.25) is 0 Å². The van der Waals surface area contributed by atoms with Crippen molar-refractivity contribution in [3.05, 3.63) is 62.5 Å². The molecule has 0 aliphatic carbocycles. The van der Waals surface area contributed by atoms with Gasteiger partial charge in [-0.1, -0.05) is 12.1 Å². The number of amides is 1. The van der Waals surface area contributed by atoms with Gasteiger partial charge in [-0.3, -0.25) is 4.79 Å². The largest absolute Gasteiger partial charge is 0.444 e. The Morgan fingerprint density at radius 3 is 2.54 bits per heavy atom. The maximum Gasteiger partial charge on any atom is 0.407 e. The predicted octanol–water partition coefficient (Wildman–Crippen LogP) is 4.13. The van der Waals surface area contributed by atoms with Crippen molar-refractivity contribution in [2.24, 2.45) is 0 Å². The van der Waals surface area contributed by atoms with E-state index in [1.54, 1.807) is 32.9 Å². The summed E-state index contributed by atoms with van der Waals surface area (Å²) in [6.45, 7) is 5.41. The molecule has 0 saturated heterocycles. The average Bonchev–Trinajstić information content (AvgIpc) is 2.60. The third-order valence-electron chi connectivity index (χ3n) is 4.01. The summed E-state index contributed by atoms with van der Waals surface area (Å²) in [4.78, 5) is 30.6. The lowest BCUT2D eigenvalue weighted by Crippen LogP contribution is -2.39. The Kier molecular flexibility index (Phi) is 7.74. The highest BCUT2D eigenvalue weighted by Crippen LogP contribution is 2.15. The predicted molar refractivity (Wildman–Crippen MR) is 109 cm³/mol. The number of aromatic nitrogens is 2. The number of halogens is 2. The molecule has 1 heterocycles. The fraction of sp³-hybridized carbons (Fsp3) is 0.450. The van der Waals surface area contributed by atoms with Gasteiger partial charge in [0, 0.05) is 6.04 Å². The van der Waals surface area contributed by atoms with Crippen LogP contribution in [-0.4, -0.2) is 27.7 Å². The van der Waals surface area contributed by atoms with E-state index in [0.717, 1.165) is 5.56 Å². The van der Waals surface area contributed by atoms with Gasteiger partial charge < -0.3 is 15.0 Å². The van der Waals surface area contributed by atoms with Gasteiger partial charge >= 0.3 is 6.09 Å². The SMILES string of the molecule is CC(C)(C)OC(=O)N[C@H](CCc1ccc(F)cc1)CCc1nc[nH]c(=O)c1Br. The summed E-state index contributed by atoms with van der Waals surface area (Å²) >= 11 is 3.25. The Bertz CT molecular complexity index is 847. The van der Waals surface area contributed by atoms with Gasteiger partial charge in [0.15, 0.2) is 0 Å². The van der Waals surface area contributed by atoms with Crippen molar-refractivity contribution >= 4 is 22.0 Å². The molecule has 152 valence electrons. The molecular formula is C20H25BrFN3O3. The highest BCUT2D eigenvalue weighted by Gasteiger charge is 2.20. The highest BCUT2D eigenvalue weighted by atomic mass is 79.9. The second-order valence-corrected chi connectivity index (χ2v) is 8.33. The molecule has 0 fully saturated rings. The Morgan fingerprint density at radius 1 is 1.25 bits per heavy atom. The topological polar surface area (TPSA) is 84.1 Å². The number of aryl methyl sites for hydroxylation is 2. The number of carbonyl (C=O) groups is 1. The van der Waals surface area contributed by atoms with Crippen molar-refractivity contribution < 1.29 is 13.9 Å². The van der Waals surface area contributed by atoms with Crippen molar-refractivity contribution in [3.63, 3.8) is 0 Å². The van der Waals surface area contributed by atoms with Crippen LogP contribution in [0, 0.1) is 5.82 Å². The number of alkyl carbamates (subject to hydrolysis) is 1. The minimum absolute atomic E-state index is 0.187. The van der Waals surface area contributed by atoms with E-state index < -0.39 is 11.7 Å². The van der Waals surface area contributed by atoms with E-state index in [1.807, 2.05) is 0 Å². The minimum atomic E-state index is -0.594. The lowest BCUT2D eigenvalue weighted by molar-refractivity contribution is 0.0499. The van der Waals surface area contributed by atoms with Crippen molar-refractivity contribution in [1.29, 1.82) is 0 Å². The second kappa shape index (κ2) is 9.82. The zero-order valence-electron chi connectivity index (χ0n) is 16.2. The molecule has 0 aliphatic heterocycles. The lowest BCUT2D eigenvalue weighted by atomic mass is 10.0. The van der Waals surface area contributed by atoms with Crippen molar-refractivity contribution in [3.8, 4) is 0 Å². The van der Waals surface area contributed by atoms with E-state index in [4.69, 9.17) is 4.74 Å². The molecule has 28 heavy (non-hydrogen) atoms. The van der Waals surface area contributed by atoms with Gasteiger partial charge in [0.05, 0.1) is 12.0 Å². The van der Waals surface area contributed by atoms with E-state index in [1.165, 1.54) is 18.5 Å². The van der Waals surface area contributed by atoms with E-state index in [0.29, 0.717) is 35.8 Å². The van der Waals surface area contributed by atoms with Crippen LogP contribution in [0.2, 0.25) is 0 Å². The maximum atomic E-state index is 13.1. The van der Waals surface area contributed by atoms with Gasteiger partial charge in [-0.15, -0.1) is 0 Å². The van der Waals surface area contributed by atoms with E-state index in [2.05, 4.69) is 31.2 Å². The number of hydrogen-bond acceptors (Lipinski definition) is 4. The molecular weight excluding hydrogens is 429 g/mol. The van der Waals surface area contributed by atoms with Gasteiger partial charge in [0.1, 0.15) is 15.9 Å². The summed E-state index contributed by atoms with van der Waals surface area (Å²) in [5, 5.41) is 2.90. The monoisotopic (exact) mass is 453 g/mol. The van der Waals surface area contributed by atoms with Crippen LogP contribution >= 0.6 is 15.9 Å². The third-order valence-corrected chi connectivity index (χ3v) is 4.83. The average molecular weight is 454 g/mol. The molecule has 6 nitrogen and oxygen atoms in total. The fourth-order valence-electron chi connectivity index (χ4n) is 2.66. The number of nitrogens with one attached hydrogen (secondary N) is 2. The van der Waals surface area contributed by atoms with Gasteiger partial charge in [0.25, 0.3) is 5.56 Å². The standard InChI is InChI=1S/C20H25BrFN3O3/c1-20(2,3)28-19(27)25-15(9-6-13-4-7-14(22)8-5-13)10-11-16-17(21)18(26)24-12-23-16/h4-5,7-8,12,15H,6,9-11H2,1-3H3,(H,25,27)(H,23,24,26)/t15-/m1/s1. The van der Waals surface area contributed by atoms with E-state index in [-0.39, 0.29) is 17.4 Å². The Balaban J connectivity index is 2.03. The van der Waals surface area contributed by atoms with E-state index >= 15 is 0 Å². The quantitative estimate of drug-likeness (QED) is 0.659. The Labute approximate surface area is 172 Å². The van der Waals surface area contributed by atoms with Crippen molar-refractivity contribution in [2.45, 2.75) is 58.1 Å². The molecule has 2 aromatic rings. The first-order valence-electron chi connectivity index (χ1n) is 9.10. The number of rotatable bonds is 7. The summed E-state index contributed by atoms with van der Waals surface area (Å²) < 4.78 is 18.8. The minimum Gasteiger partial charge on any atom is -0.444 e. The number of hydrogen-bond donors (Lipinski definition) is 2. The summed E-state index contributed by atoms with van der Waals surface area (Å²) in [7, 11) is 0. The van der Waals surface area contributed by atoms with Crippen LogP contribution < -0.4 is 10.9 Å². The Hall–Kier alpha value is -2.22. The summed E-state index contributed by atoms with van der Waals surface area (Å²) in [5.41, 5.74) is 0.769. The summed E-state index contributed by atoms with van der Waals surface area (Å²) in [5.74, 6) is -0.280. The van der Waals surface area contributed by atoms with Crippen LogP contribution in [-0.2, 0) is 17.6 Å². The van der Waals surface area contributed by atoms with E-state index in [9.17, 15) is 14.0 Å². The first-order chi connectivity index (χ1) is 13.1. The van der Waals surface area contributed by atoms with Gasteiger partial charge in [-0.25, -0.2) is 14.2 Å². The fourth-order valence-corrected chi connectivity index (χ4v) is 3.08. The maximum absolute atomic E-state index is 13.1. The molecule has 1 atom stereocenters. The molecule has 1 amide bonds. The van der Waals surface area contributed by atoms with Crippen LogP contribution in [0.25, 0.3) is 0 Å². The number of ether oxygens (including phenoxy) is 1. The van der Waals surface area contributed by atoms with Crippen LogP contribution in [0.1, 0.15) is 44.9 Å². The van der Waals surface area contributed by atoms with Crippen LogP contribution in [0.4, 0.5) is 9.18 Å². The molecule has 1 aromatic carbocycles. The second-order valence-electron chi connectivity index (χ2n) is 7.54. The molecule has 1 aromatic heterocycles. The molecule has 0 saturated carbocycles. The normalized spacial score (nSPS) is 12.5. The molecule has 2 N–H and O–H groups in total.